The number of hydrazine groups is 1. The molecule has 190 valence electrons. The number of amides is 3. The largest absolute Gasteiger partial charge is 0.462 e. The van der Waals surface area contributed by atoms with Gasteiger partial charge in [0.1, 0.15) is 5.41 Å². The quantitative estimate of drug-likeness (QED) is 0.410. The lowest BCUT2D eigenvalue weighted by atomic mass is 9.85. The van der Waals surface area contributed by atoms with Crippen LogP contribution < -0.4 is 5.32 Å². The number of esters is 1. The molecular weight excluding hydrogens is 458 g/mol. The predicted octanol–water partition coefficient (Wildman–Crippen LogP) is 4.56. The van der Waals surface area contributed by atoms with Gasteiger partial charge in [-0.05, 0) is 56.0 Å². The Bertz CT molecular complexity index is 1140. The van der Waals surface area contributed by atoms with Crippen LogP contribution in [0.4, 0.5) is 5.69 Å². The maximum absolute atomic E-state index is 13.4. The molecule has 1 saturated heterocycles. The lowest BCUT2D eigenvalue weighted by Gasteiger charge is -2.27. The summed E-state index contributed by atoms with van der Waals surface area (Å²) in [6.45, 7) is 4.84. The number of carbonyl (C=O) groups excluding carboxylic acids is 4. The van der Waals surface area contributed by atoms with Gasteiger partial charge in [0.15, 0.2) is 0 Å². The molecular formula is C28H33N3O5. The third kappa shape index (κ3) is 4.85. The predicted molar refractivity (Wildman–Crippen MR) is 135 cm³/mol. The fourth-order valence-corrected chi connectivity index (χ4v) is 5.01. The summed E-state index contributed by atoms with van der Waals surface area (Å²) in [7, 11) is 0. The third-order valence-corrected chi connectivity index (χ3v) is 6.98. The number of benzene rings is 2. The average molecular weight is 492 g/mol. The Morgan fingerprint density at radius 1 is 0.944 bits per heavy atom. The molecule has 8 nitrogen and oxygen atoms in total. The van der Waals surface area contributed by atoms with Crippen LogP contribution in [0.15, 0.2) is 48.5 Å². The van der Waals surface area contributed by atoms with Crippen LogP contribution in [0.25, 0.3) is 0 Å². The Morgan fingerprint density at radius 3 is 2.28 bits per heavy atom. The molecule has 0 aromatic heterocycles. The van der Waals surface area contributed by atoms with Crippen molar-refractivity contribution < 1.29 is 23.9 Å². The fraction of sp³-hybridized carbons (Fsp3) is 0.429. The molecule has 2 aromatic rings. The third-order valence-electron chi connectivity index (χ3n) is 6.98. The van der Waals surface area contributed by atoms with E-state index >= 15 is 0 Å². The first-order valence-electron chi connectivity index (χ1n) is 12.7. The molecule has 36 heavy (non-hydrogen) atoms. The van der Waals surface area contributed by atoms with E-state index in [4.69, 9.17) is 4.74 Å². The zero-order valence-corrected chi connectivity index (χ0v) is 20.9. The van der Waals surface area contributed by atoms with Gasteiger partial charge in [0.25, 0.3) is 17.7 Å². The number of unbranched alkanes of at least 4 members (excludes halogenated alkanes) is 1. The van der Waals surface area contributed by atoms with E-state index in [2.05, 4.69) is 12.2 Å². The number of carbonyl (C=O) groups is 4. The van der Waals surface area contributed by atoms with Crippen molar-refractivity contribution in [2.75, 3.05) is 18.5 Å². The van der Waals surface area contributed by atoms with Crippen molar-refractivity contribution in [3.05, 3.63) is 65.2 Å². The Balaban J connectivity index is 1.48. The summed E-state index contributed by atoms with van der Waals surface area (Å²) in [6.07, 6.45) is 4.80. The molecule has 0 unspecified atom stereocenters. The number of hydrogen-bond donors (Lipinski definition) is 1. The second-order valence-corrected chi connectivity index (χ2v) is 9.35. The van der Waals surface area contributed by atoms with Gasteiger partial charge in [-0.2, -0.15) is 0 Å². The molecule has 2 fully saturated rings. The van der Waals surface area contributed by atoms with E-state index in [9.17, 15) is 19.2 Å². The highest BCUT2D eigenvalue weighted by Gasteiger charge is 2.58. The number of anilines is 1. The summed E-state index contributed by atoms with van der Waals surface area (Å²) >= 11 is 0. The van der Waals surface area contributed by atoms with Gasteiger partial charge in [0.05, 0.1) is 24.4 Å². The normalized spacial score (nSPS) is 16.6. The van der Waals surface area contributed by atoms with Gasteiger partial charge < -0.3 is 10.1 Å². The van der Waals surface area contributed by atoms with Gasteiger partial charge in [-0.15, -0.1) is 0 Å². The van der Waals surface area contributed by atoms with Crippen molar-refractivity contribution in [2.45, 2.75) is 58.9 Å². The summed E-state index contributed by atoms with van der Waals surface area (Å²) in [4.78, 5) is 51.7. The van der Waals surface area contributed by atoms with Crippen LogP contribution in [0.5, 0.6) is 0 Å². The van der Waals surface area contributed by atoms with Crippen LogP contribution in [0.2, 0.25) is 0 Å². The van der Waals surface area contributed by atoms with Gasteiger partial charge in [-0.1, -0.05) is 50.5 Å². The second kappa shape index (κ2) is 10.9. The van der Waals surface area contributed by atoms with E-state index < -0.39 is 11.4 Å². The molecule has 2 aromatic carbocycles. The molecule has 4 rings (SSSR count). The van der Waals surface area contributed by atoms with E-state index in [0.717, 1.165) is 31.2 Å². The molecule has 1 aliphatic heterocycles. The summed E-state index contributed by atoms with van der Waals surface area (Å²) < 4.78 is 5.07. The first-order valence-corrected chi connectivity index (χ1v) is 12.7. The zero-order valence-electron chi connectivity index (χ0n) is 20.9. The van der Waals surface area contributed by atoms with E-state index in [0.29, 0.717) is 30.6 Å². The summed E-state index contributed by atoms with van der Waals surface area (Å²) in [5.41, 5.74) is 1.02. The number of ether oxygens (including phenoxy) is 1. The Kier molecular flexibility index (Phi) is 7.72. The Hall–Kier alpha value is -3.68. The van der Waals surface area contributed by atoms with Gasteiger partial charge in [0.2, 0.25) is 0 Å². The minimum Gasteiger partial charge on any atom is -0.462 e. The molecule has 3 amide bonds. The molecule has 8 heteroatoms. The lowest BCUT2D eigenvalue weighted by molar-refractivity contribution is -0.148. The lowest BCUT2D eigenvalue weighted by Crippen LogP contribution is -2.40. The molecule has 0 bridgehead atoms. The number of nitrogens with zero attached hydrogens (tertiary/aromatic N) is 2. The SMILES string of the molecule is CCCCN1C(=O)C2(CCCC2)C(=O)N1Cc1ccc(C(=O)Nc2ccccc2C(=O)OCC)cc1. The van der Waals surface area contributed by atoms with E-state index in [-0.39, 0.29) is 36.4 Å². The van der Waals surface area contributed by atoms with Crippen LogP contribution in [-0.4, -0.2) is 46.9 Å². The van der Waals surface area contributed by atoms with Gasteiger partial charge in [0, 0.05) is 12.1 Å². The minimum atomic E-state index is -0.889. The minimum absolute atomic E-state index is 0.0605. The summed E-state index contributed by atoms with van der Waals surface area (Å²) in [6, 6.07) is 13.6. The second-order valence-electron chi connectivity index (χ2n) is 9.35. The molecule has 0 atom stereocenters. The Labute approximate surface area is 211 Å². The van der Waals surface area contributed by atoms with E-state index in [1.807, 2.05) is 0 Å². The molecule has 2 aliphatic rings. The van der Waals surface area contributed by atoms with Crippen molar-refractivity contribution in [1.29, 1.82) is 0 Å². The summed E-state index contributed by atoms with van der Waals surface area (Å²) in [5, 5.41) is 6.03. The van der Waals surface area contributed by atoms with Crippen LogP contribution in [-0.2, 0) is 20.9 Å². The molecule has 1 aliphatic carbocycles. The topological polar surface area (TPSA) is 96.0 Å². The van der Waals surface area contributed by atoms with Crippen LogP contribution >= 0.6 is 0 Å². The number of para-hydroxylation sites is 1. The number of nitrogens with one attached hydrogen (secondary N) is 1. The zero-order chi connectivity index (χ0) is 25.7. The van der Waals surface area contributed by atoms with Crippen molar-refractivity contribution in [2.24, 2.45) is 5.41 Å². The molecule has 0 radical (unpaired) electrons. The molecule has 1 N–H and O–H groups in total. The monoisotopic (exact) mass is 491 g/mol. The van der Waals surface area contributed by atoms with E-state index in [1.165, 1.54) is 0 Å². The highest BCUT2D eigenvalue weighted by Crippen LogP contribution is 2.46. The molecule has 1 saturated carbocycles. The smallest absolute Gasteiger partial charge is 0.340 e. The highest BCUT2D eigenvalue weighted by atomic mass is 16.5. The first-order chi connectivity index (χ1) is 17.4. The number of hydrogen-bond acceptors (Lipinski definition) is 5. The molecule has 1 heterocycles. The van der Waals surface area contributed by atoms with Crippen LogP contribution in [0.1, 0.15) is 78.7 Å². The van der Waals surface area contributed by atoms with Crippen LogP contribution in [0.3, 0.4) is 0 Å². The molecule has 1 spiro atoms. The van der Waals surface area contributed by atoms with Crippen molar-refractivity contribution >= 4 is 29.4 Å². The fourth-order valence-electron chi connectivity index (χ4n) is 5.01. The maximum Gasteiger partial charge on any atom is 0.340 e. The standard InChI is InChI=1S/C28H33N3O5/c1-3-5-18-30-26(34)28(16-8-9-17-28)27(35)31(30)19-20-12-14-21(15-13-20)24(32)29-23-11-7-6-10-22(23)25(33)36-4-2/h6-7,10-15H,3-5,8-9,16-19H2,1-2H3,(H,29,32). The maximum atomic E-state index is 13.4. The Morgan fingerprint density at radius 2 is 1.61 bits per heavy atom. The van der Waals surface area contributed by atoms with E-state index in [1.54, 1.807) is 65.5 Å². The average Bonchev–Trinajstić information content (AvgIpc) is 3.45. The van der Waals surface area contributed by atoms with Crippen molar-refractivity contribution in [1.82, 2.24) is 10.0 Å². The van der Waals surface area contributed by atoms with Crippen molar-refractivity contribution in [3.8, 4) is 0 Å². The highest BCUT2D eigenvalue weighted by molar-refractivity contribution is 6.10. The van der Waals surface area contributed by atoms with Crippen molar-refractivity contribution in [3.63, 3.8) is 0 Å². The van der Waals surface area contributed by atoms with Gasteiger partial charge >= 0.3 is 5.97 Å². The van der Waals surface area contributed by atoms with Gasteiger partial charge in [-0.25, -0.2) is 9.80 Å². The van der Waals surface area contributed by atoms with Gasteiger partial charge in [-0.3, -0.25) is 19.4 Å². The van der Waals surface area contributed by atoms with Crippen LogP contribution in [0, 0.1) is 5.41 Å². The first kappa shape index (κ1) is 25.4. The number of rotatable bonds is 9. The summed E-state index contributed by atoms with van der Waals surface area (Å²) in [5.74, 6) is -1.02.